The number of carbonyl (C=O) groups is 1. The van der Waals surface area contributed by atoms with Crippen LogP contribution in [-0.4, -0.2) is 92.4 Å². The molecule has 3 saturated heterocycles. The number of rotatable bonds is 7. The number of likely N-dealkylation sites (N-methyl/N-ethyl adjacent to an activating group) is 1. The lowest BCUT2D eigenvalue weighted by Crippen LogP contribution is -2.56. The number of H-pyrrole nitrogens is 1. The third kappa shape index (κ3) is 5.08. The molecule has 11 heteroatoms. The third-order valence-electron chi connectivity index (χ3n) is 9.95. The van der Waals surface area contributed by atoms with Gasteiger partial charge in [0.1, 0.15) is 23.7 Å². The Kier molecular flexibility index (Phi) is 7.20. The second kappa shape index (κ2) is 11.5. The van der Waals surface area contributed by atoms with Gasteiger partial charge in [0.05, 0.1) is 6.42 Å². The van der Waals surface area contributed by atoms with E-state index in [1.165, 1.54) is 0 Å². The Morgan fingerprint density at radius 2 is 1.85 bits per heavy atom. The van der Waals surface area contributed by atoms with Crippen LogP contribution >= 0.6 is 0 Å². The van der Waals surface area contributed by atoms with E-state index < -0.39 is 5.82 Å². The highest BCUT2D eigenvalue weighted by molar-refractivity contribution is 6.01. The summed E-state index contributed by atoms with van der Waals surface area (Å²) >= 11 is 0. The second-order valence-electron chi connectivity index (χ2n) is 12.8. The Morgan fingerprint density at radius 1 is 1.02 bits per heavy atom. The monoisotopic (exact) mass is 621 g/mol. The van der Waals surface area contributed by atoms with Crippen molar-refractivity contribution >= 4 is 33.4 Å². The van der Waals surface area contributed by atoms with Crippen LogP contribution in [0, 0.1) is 5.82 Å². The van der Waals surface area contributed by atoms with E-state index >= 15 is 4.39 Å². The number of fused-ring (bicyclic) bond motifs is 4. The van der Waals surface area contributed by atoms with Gasteiger partial charge in [-0.15, -0.1) is 0 Å². The first-order chi connectivity index (χ1) is 22.4. The summed E-state index contributed by atoms with van der Waals surface area (Å²) in [5.74, 6) is 0.277. The number of piperazine rings is 1. The fourth-order valence-electron chi connectivity index (χ4n) is 7.64. The fraction of sp³-hybridized carbons (Fsp3) is 0.371. The van der Waals surface area contributed by atoms with Crippen molar-refractivity contribution in [2.24, 2.45) is 0 Å². The minimum absolute atomic E-state index is 0.0264. The lowest BCUT2D eigenvalue weighted by Gasteiger charge is -2.42. The number of nitrogens with zero attached hydrogens (tertiary/aromatic N) is 6. The number of likely N-dealkylation sites (tertiary alicyclic amines) is 1. The Balaban J connectivity index is 1.18. The van der Waals surface area contributed by atoms with Gasteiger partial charge in [-0.1, -0.05) is 30.3 Å². The van der Waals surface area contributed by atoms with Crippen molar-refractivity contribution in [3.8, 4) is 22.9 Å². The zero-order valence-corrected chi connectivity index (χ0v) is 25.7. The number of amides is 1. The number of hydrogen-bond acceptors (Lipinski definition) is 8. The first-order valence-electron chi connectivity index (χ1n) is 16.0. The molecule has 3 aromatic carbocycles. The van der Waals surface area contributed by atoms with Crippen LogP contribution in [0.5, 0.6) is 11.8 Å². The van der Waals surface area contributed by atoms with Crippen molar-refractivity contribution in [3.63, 3.8) is 0 Å². The van der Waals surface area contributed by atoms with E-state index in [1.807, 2.05) is 41.3 Å². The molecule has 0 aliphatic carbocycles. The summed E-state index contributed by atoms with van der Waals surface area (Å²) in [7, 11) is 2.09. The molecule has 8 rings (SSSR count). The third-order valence-corrected chi connectivity index (χ3v) is 9.95. The van der Waals surface area contributed by atoms with Crippen LogP contribution in [0.1, 0.15) is 31.4 Å². The van der Waals surface area contributed by atoms with Gasteiger partial charge in [-0.2, -0.15) is 15.1 Å². The van der Waals surface area contributed by atoms with Gasteiger partial charge < -0.3 is 24.5 Å². The molecule has 1 amide bonds. The number of aromatic hydroxyl groups is 1. The molecule has 3 atom stereocenters. The number of aromatic amines is 1. The van der Waals surface area contributed by atoms with Crippen LogP contribution in [0.3, 0.4) is 0 Å². The zero-order chi connectivity index (χ0) is 31.4. The molecule has 3 aliphatic heterocycles. The summed E-state index contributed by atoms with van der Waals surface area (Å²) in [4.78, 5) is 29.4. The maximum Gasteiger partial charge on any atom is 0.319 e. The van der Waals surface area contributed by atoms with Crippen LogP contribution in [-0.2, 0) is 11.2 Å². The standard InChI is InChI=1S/C35H36FN7O3/c1-41-14-4-6-25(41)20-46-35-38-33-29(11-10-28(32(33)36)30-17-26(44)15-21-5-2-3-7-27(21)30)34(39-35)42-18-23-8-9-24(19-42)43(23)31(45)16-22-12-13-37-40-22/h2-3,5,7,10-13,15,17,23-25,44H,4,6,8-9,14,16,18-20H2,1H3,(H,37,40). The van der Waals surface area contributed by atoms with Crippen LogP contribution < -0.4 is 9.64 Å². The summed E-state index contributed by atoms with van der Waals surface area (Å²) in [6.45, 7) is 2.60. The lowest BCUT2D eigenvalue weighted by atomic mass is 9.96. The Hall–Kier alpha value is -4.77. The number of carbonyl (C=O) groups excluding carboxylic acids is 1. The van der Waals surface area contributed by atoms with Crippen LogP contribution in [0.4, 0.5) is 10.2 Å². The van der Waals surface area contributed by atoms with Gasteiger partial charge in [-0.3, -0.25) is 9.89 Å². The fourth-order valence-corrected chi connectivity index (χ4v) is 7.64. The van der Waals surface area contributed by atoms with E-state index in [2.05, 4.69) is 32.0 Å². The van der Waals surface area contributed by atoms with E-state index in [1.54, 1.807) is 24.4 Å². The predicted molar refractivity (Wildman–Crippen MR) is 173 cm³/mol. The normalized spacial score (nSPS) is 21.5. The number of halogens is 1. The van der Waals surface area contributed by atoms with E-state index in [0.29, 0.717) is 42.0 Å². The molecule has 0 radical (unpaired) electrons. The average molecular weight is 622 g/mol. The molecule has 2 N–H and O–H groups in total. The summed E-state index contributed by atoms with van der Waals surface area (Å²) in [5.41, 5.74) is 1.91. The topological polar surface area (TPSA) is 111 Å². The van der Waals surface area contributed by atoms with Gasteiger partial charge in [0.15, 0.2) is 5.82 Å². The van der Waals surface area contributed by atoms with Crippen molar-refractivity contribution < 1.29 is 19.0 Å². The molecule has 46 heavy (non-hydrogen) atoms. The molecule has 0 spiro atoms. The van der Waals surface area contributed by atoms with Crippen molar-refractivity contribution in [3.05, 3.63) is 72.3 Å². The number of phenols is 1. The highest BCUT2D eigenvalue weighted by Gasteiger charge is 2.43. The van der Waals surface area contributed by atoms with Crippen molar-refractivity contribution in [1.29, 1.82) is 0 Å². The zero-order valence-electron chi connectivity index (χ0n) is 25.7. The van der Waals surface area contributed by atoms with Crippen molar-refractivity contribution in [1.82, 2.24) is 30.0 Å². The number of hydrogen-bond donors (Lipinski definition) is 2. The van der Waals surface area contributed by atoms with Gasteiger partial charge in [0, 0.05) is 54.1 Å². The summed E-state index contributed by atoms with van der Waals surface area (Å²) < 4.78 is 22.9. The predicted octanol–water partition coefficient (Wildman–Crippen LogP) is 4.91. The number of anilines is 1. The minimum atomic E-state index is -0.490. The maximum atomic E-state index is 16.7. The highest BCUT2D eigenvalue weighted by Crippen LogP contribution is 2.40. The number of aromatic nitrogens is 4. The number of ether oxygens (including phenoxy) is 1. The molecule has 5 aromatic rings. The molecule has 3 aliphatic rings. The smallest absolute Gasteiger partial charge is 0.319 e. The molecule has 5 heterocycles. The van der Waals surface area contributed by atoms with E-state index in [4.69, 9.17) is 9.72 Å². The maximum absolute atomic E-state index is 16.7. The first-order valence-corrected chi connectivity index (χ1v) is 16.0. The van der Waals surface area contributed by atoms with Crippen LogP contribution in [0.25, 0.3) is 32.8 Å². The van der Waals surface area contributed by atoms with Gasteiger partial charge in [0.2, 0.25) is 5.91 Å². The number of benzene rings is 3. The molecule has 3 unspecified atom stereocenters. The van der Waals surface area contributed by atoms with E-state index in [0.717, 1.165) is 48.7 Å². The van der Waals surface area contributed by atoms with Gasteiger partial charge in [-0.25, -0.2) is 4.39 Å². The van der Waals surface area contributed by atoms with Crippen molar-refractivity contribution in [2.75, 3.05) is 38.2 Å². The minimum Gasteiger partial charge on any atom is -0.508 e. The Bertz CT molecular complexity index is 1920. The quantitative estimate of drug-likeness (QED) is 0.264. The van der Waals surface area contributed by atoms with Crippen molar-refractivity contribution in [2.45, 2.75) is 50.2 Å². The molecular weight excluding hydrogens is 585 g/mol. The van der Waals surface area contributed by atoms with E-state index in [-0.39, 0.29) is 47.7 Å². The summed E-state index contributed by atoms with van der Waals surface area (Å²) in [5, 5.41) is 19.6. The molecule has 2 aromatic heterocycles. The largest absolute Gasteiger partial charge is 0.508 e. The van der Waals surface area contributed by atoms with Gasteiger partial charge >= 0.3 is 6.01 Å². The van der Waals surface area contributed by atoms with E-state index in [9.17, 15) is 9.90 Å². The average Bonchev–Trinajstić information content (AvgIpc) is 3.79. The Labute approximate surface area is 265 Å². The lowest BCUT2D eigenvalue weighted by molar-refractivity contribution is -0.133. The molecule has 0 saturated carbocycles. The molecular formula is C35H36FN7O3. The first kappa shape index (κ1) is 28.7. The summed E-state index contributed by atoms with van der Waals surface area (Å²) in [6, 6.07) is 16.8. The van der Waals surface area contributed by atoms with Crippen LogP contribution in [0.15, 0.2) is 60.8 Å². The number of phenolic OH excluding ortho intramolecular Hbond substituents is 1. The second-order valence-corrected chi connectivity index (χ2v) is 12.8. The van der Waals surface area contributed by atoms with Gasteiger partial charge in [-0.05, 0) is 79.9 Å². The molecule has 3 fully saturated rings. The number of nitrogens with one attached hydrogen (secondary N) is 1. The molecule has 236 valence electrons. The Morgan fingerprint density at radius 3 is 2.61 bits per heavy atom. The molecule has 10 nitrogen and oxygen atoms in total. The van der Waals surface area contributed by atoms with Gasteiger partial charge in [0.25, 0.3) is 0 Å². The summed E-state index contributed by atoms with van der Waals surface area (Å²) in [6.07, 6.45) is 5.88. The highest BCUT2D eigenvalue weighted by atomic mass is 19.1. The van der Waals surface area contributed by atoms with Crippen LogP contribution in [0.2, 0.25) is 0 Å². The molecule has 2 bridgehead atoms. The SMILES string of the molecule is CN1CCCC1COc1nc(N2CC3CCC(C2)N3C(=O)Cc2ccn[nH]2)c2ccc(-c3cc(O)cc4ccccc34)c(F)c2n1.